The summed E-state index contributed by atoms with van der Waals surface area (Å²) in [6, 6.07) is 14.6. The van der Waals surface area contributed by atoms with Crippen molar-refractivity contribution < 1.29 is 4.79 Å². The fraction of sp³-hybridized carbons (Fsp3) is 0.0667. The van der Waals surface area contributed by atoms with Crippen LogP contribution in [-0.4, -0.2) is 17.9 Å². The molecule has 0 atom stereocenters. The molecular weight excluding hydrogens is 336 g/mol. The number of carbonyl (C=O) groups is 1. The number of nitrogens with zero attached hydrogens (tertiary/aromatic N) is 1. The standard InChI is InChI=1S/C15H13BrN2OS/c1-18(11-8-6-10(7-9-11)14(17)20)15(19)12-4-2-3-5-13(12)16/h2-9H,1H3,(H2,17,20). The second kappa shape index (κ2) is 6.15. The lowest BCUT2D eigenvalue weighted by atomic mass is 10.1. The van der Waals surface area contributed by atoms with Gasteiger partial charge < -0.3 is 10.6 Å². The monoisotopic (exact) mass is 348 g/mol. The number of carbonyl (C=O) groups excluding carboxylic acids is 1. The van der Waals surface area contributed by atoms with Crippen LogP contribution in [0.4, 0.5) is 5.69 Å². The van der Waals surface area contributed by atoms with Gasteiger partial charge in [0.25, 0.3) is 5.91 Å². The highest BCUT2D eigenvalue weighted by Gasteiger charge is 2.15. The molecule has 0 aromatic heterocycles. The van der Waals surface area contributed by atoms with Gasteiger partial charge in [-0.1, -0.05) is 24.4 Å². The van der Waals surface area contributed by atoms with E-state index in [1.54, 1.807) is 18.0 Å². The molecule has 5 heteroatoms. The zero-order valence-corrected chi connectivity index (χ0v) is 13.2. The predicted octanol–water partition coefficient (Wildman–Crippen LogP) is 3.36. The van der Waals surface area contributed by atoms with Crippen LogP contribution in [0.5, 0.6) is 0 Å². The van der Waals surface area contributed by atoms with Gasteiger partial charge >= 0.3 is 0 Å². The number of nitrogens with two attached hydrogens (primary N) is 1. The Morgan fingerprint density at radius 2 is 1.75 bits per heavy atom. The van der Waals surface area contributed by atoms with Crippen LogP contribution in [0.2, 0.25) is 0 Å². The quantitative estimate of drug-likeness (QED) is 0.865. The zero-order chi connectivity index (χ0) is 14.7. The van der Waals surface area contributed by atoms with Crippen LogP contribution in [0.15, 0.2) is 53.0 Å². The third kappa shape index (κ3) is 3.05. The maximum absolute atomic E-state index is 12.4. The van der Waals surface area contributed by atoms with E-state index in [9.17, 15) is 4.79 Å². The Labute approximate surface area is 131 Å². The first-order valence-corrected chi connectivity index (χ1v) is 7.13. The fourth-order valence-corrected chi connectivity index (χ4v) is 2.37. The Morgan fingerprint density at radius 1 is 1.15 bits per heavy atom. The smallest absolute Gasteiger partial charge is 0.259 e. The number of amides is 1. The molecule has 0 heterocycles. The molecule has 0 fully saturated rings. The Kier molecular flexibility index (Phi) is 4.52. The lowest BCUT2D eigenvalue weighted by molar-refractivity contribution is 0.0992. The molecule has 102 valence electrons. The van der Waals surface area contributed by atoms with Gasteiger partial charge in [-0.05, 0) is 52.3 Å². The van der Waals surface area contributed by atoms with Gasteiger partial charge in [0.15, 0.2) is 0 Å². The first-order valence-electron chi connectivity index (χ1n) is 5.93. The number of hydrogen-bond acceptors (Lipinski definition) is 2. The van der Waals surface area contributed by atoms with E-state index in [1.807, 2.05) is 42.5 Å². The van der Waals surface area contributed by atoms with Crippen molar-refractivity contribution >= 4 is 44.7 Å². The molecule has 0 unspecified atom stereocenters. The molecule has 2 aromatic rings. The zero-order valence-electron chi connectivity index (χ0n) is 10.8. The van der Waals surface area contributed by atoms with Crippen molar-refractivity contribution in [3.63, 3.8) is 0 Å². The maximum Gasteiger partial charge on any atom is 0.259 e. The minimum atomic E-state index is -0.0828. The van der Waals surface area contributed by atoms with Gasteiger partial charge in [-0.2, -0.15) is 0 Å². The number of halogens is 1. The lowest BCUT2D eigenvalue weighted by Crippen LogP contribution is -2.26. The van der Waals surface area contributed by atoms with E-state index in [0.29, 0.717) is 10.6 Å². The molecule has 20 heavy (non-hydrogen) atoms. The van der Waals surface area contributed by atoms with Crippen LogP contribution in [0.25, 0.3) is 0 Å². The Balaban J connectivity index is 2.27. The summed E-state index contributed by atoms with van der Waals surface area (Å²) in [5.41, 5.74) is 7.74. The summed E-state index contributed by atoms with van der Waals surface area (Å²) in [7, 11) is 1.73. The van der Waals surface area contributed by atoms with E-state index in [-0.39, 0.29) is 5.91 Å². The third-order valence-corrected chi connectivity index (χ3v) is 3.88. The number of benzene rings is 2. The Morgan fingerprint density at radius 3 is 2.30 bits per heavy atom. The van der Waals surface area contributed by atoms with Gasteiger partial charge in [0.2, 0.25) is 0 Å². The minimum Gasteiger partial charge on any atom is -0.389 e. The predicted molar refractivity (Wildman–Crippen MR) is 89.2 cm³/mol. The van der Waals surface area contributed by atoms with Crippen molar-refractivity contribution in [2.75, 3.05) is 11.9 Å². The van der Waals surface area contributed by atoms with E-state index in [0.717, 1.165) is 15.7 Å². The van der Waals surface area contributed by atoms with Crippen molar-refractivity contribution in [3.05, 3.63) is 64.1 Å². The van der Waals surface area contributed by atoms with Crippen molar-refractivity contribution in [2.45, 2.75) is 0 Å². The number of rotatable bonds is 3. The topological polar surface area (TPSA) is 46.3 Å². The van der Waals surface area contributed by atoms with Crippen molar-refractivity contribution in [1.29, 1.82) is 0 Å². The summed E-state index contributed by atoms with van der Waals surface area (Å²) in [5, 5.41) is 0. The summed E-state index contributed by atoms with van der Waals surface area (Å²) >= 11 is 8.29. The average molecular weight is 349 g/mol. The number of hydrogen-bond donors (Lipinski definition) is 1. The molecule has 0 saturated heterocycles. The molecule has 0 aliphatic rings. The molecule has 3 nitrogen and oxygen atoms in total. The average Bonchev–Trinajstić information content (AvgIpc) is 2.46. The van der Waals surface area contributed by atoms with Gasteiger partial charge in [-0.15, -0.1) is 0 Å². The summed E-state index contributed by atoms with van der Waals surface area (Å²) in [6.45, 7) is 0. The van der Waals surface area contributed by atoms with Crippen molar-refractivity contribution in [1.82, 2.24) is 0 Å². The van der Waals surface area contributed by atoms with Crippen LogP contribution in [0.1, 0.15) is 15.9 Å². The molecule has 0 spiro atoms. The second-order valence-electron chi connectivity index (χ2n) is 4.26. The highest BCUT2D eigenvalue weighted by molar-refractivity contribution is 9.10. The van der Waals surface area contributed by atoms with Crippen LogP contribution in [0, 0.1) is 0 Å². The summed E-state index contributed by atoms with van der Waals surface area (Å²) in [6.07, 6.45) is 0. The third-order valence-electron chi connectivity index (χ3n) is 2.95. The minimum absolute atomic E-state index is 0.0828. The van der Waals surface area contributed by atoms with E-state index in [4.69, 9.17) is 18.0 Å². The molecule has 0 saturated carbocycles. The SMILES string of the molecule is CN(C(=O)c1ccccc1Br)c1ccc(C(N)=S)cc1. The van der Waals surface area contributed by atoms with E-state index in [1.165, 1.54) is 0 Å². The van der Waals surface area contributed by atoms with Crippen LogP contribution < -0.4 is 10.6 Å². The highest BCUT2D eigenvalue weighted by Crippen LogP contribution is 2.21. The van der Waals surface area contributed by atoms with E-state index < -0.39 is 0 Å². The van der Waals surface area contributed by atoms with Crippen LogP contribution in [-0.2, 0) is 0 Å². The number of thiocarbonyl (C=S) groups is 1. The van der Waals surface area contributed by atoms with E-state index >= 15 is 0 Å². The molecular formula is C15H13BrN2OS. The molecule has 0 bridgehead atoms. The molecule has 0 radical (unpaired) electrons. The van der Waals surface area contributed by atoms with Crippen molar-refractivity contribution in [2.24, 2.45) is 5.73 Å². The van der Waals surface area contributed by atoms with Gasteiger partial charge in [0.1, 0.15) is 4.99 Å². The molecule has 0 aliphatic heterocycles. The van der Waals surface area contributed by atoms with Gasteiger partial charge in [0.05, 0.1) is 5.56 Å². The second-order valence-corrected chi connectivity index (χ2v) is 5.55. The summed E-state index contributed by atoms with van der Waals surface area (Å²) in [4.78, 5) is 14.4. The molecule has 2 rings (SSSR count). The largest absolute Gasteiger partial charge is 0.389 e. The van der Waals surface area contributed by atoms with Crippen LogP contribution in [0.3, 0.4) is 0 Å². The number of anilines is 1. The molecule has 2 aromatic carbocycles. The fourth-order valence-electron chi connectivity index (χ4n) is 1.78. The molecule has 1 amide bonds. The normalized spacial score (nSPS) is 10.1. The van der Waals surface area contributed by atoms with Gasteiger partial charge in [-0.3, -0.25) is 4.79 Å². The first kappa shape index (κ1) is 14.7. The lowest BCUT2D eigenvalue weighted by Gasteiger charge is -2.18. The highest BCUT2D eigenvalue weighted by atomic mass is 79.9. The Hall–Kier alpha value is -1.72. The van der Waals surface area contributed by atoms with Gasteiger partial charge in [-0.25, -0.2) is 0 Å². The van der Waals surface area contributed by atoms with Crippen LogP contribution >= 0.6 is 28.1 Å². The summed E-state index contributed by atoms with van der Waals surface area (Å²) < 4.78 is 0.775. The maximum atomic E-state index is 12.4. The molecule has 0 aliphatic carbocycles. The first-order chi connectivity index (χ1) is 9.50. The van der Waals surface area contributed by atoms with E-state index in [2.05, 4.69) is 15.9 Å². The van der Waals surface area contributed by atoms with Crippen molar-refractivity contribution in [3.8, 4) is 0 Å². The Bertz CT molecular complexity index is 655. The van der Waals surface area contributed by atoms with Gasteiger partial charge in [0, 0.05) is 22.8 Å². The molecule has 2 N–H and O–H groups in total. The summed E-state index contributed by atoms with van der Waals surface area (Å²) in [5.74, 6) is -0.0828.